The van der Waals surface area contributed by atoms with Crippen LogP contribution in [-0.4, -0.2) is 21.7 Å². The Kier molecular flexibility index (Phi) is 3.70. The van der Waals surface area contributed by atoms with Crippen molar-refractivity contribution in [1.29, 1.82) is 0 Å². The summed E-state index contributed by atoms with van der Waals surface area (Å²) in [5.41, 5.74) is 6.47. The van der Waals surface area contributed by atoms with Crippen LogP contribution in [0.1, 0.15) is 18.5 Å². The van der Waals surface area contributed by atoms with E-state index in [1.807, 2.05) is 17.8 Å². The van der Waals surface area contributed by atoms with Gasteiger partial charge in [-0.1, -0.05) is 11.6 Å². The smallest absolute Gasteiger partial charge is 0.164 e. The molecule has 1 aliphatic heterocycles. The van der Waals surface area contributed by atoms with E-state index in [2.05, 4.69) is 10.2 Å². The van der Waals surface area contributed by atoms with Crippen LogP contribution < -0.4 is 5.73 Å². The Hall–Kier alpha value is -0.480. The van der Waals surface area contributed by atoms with E-state index in [0.717, 1.165) is 18.0 Å². The Morgan fingerprint density at radius 3 is 3.07 bits per heavy atom. The highest BCUT2D eigenvalue weighted by atomic mass is 35.5. The first kappa shape index (κ1) is 11.0. The number of nitrogens with zero attached hydrogens (tertiary/aromatic N) is 2. The molecular weight excluding hydrogens is 230 g/mol. The van der Waals surface area contributed by atoms with Gasteiger partial charge in [-0.25, -0.2) is 0 Å². The topological polar surface area (TPSA) is 51.8 Å². The quantitative estimate of drug-likeness (QED) is 0.867. The summed E-state index contributed by atoms with van der Waals surface area (Å²) >= 11 is 7.92. The van der Waals surface area contributed by atoms with Crippen molar-refractivity contribution in [2.75, 3.05) is 17.2 Å². The standard InChI is InChI=1S/C10H14ClN3S/c11-9-5-8(13-14-10(9)12)4-7-2-1-3-15-6-7/h5,7H,1-4,6H2,(H2,12,14). The van der Waals surface area contributed by atoms with E-state index in [1.54, 1.807) is 0 Å². The van der Waals surface area contributed by atoms with Crippen molar-refractivity contribution in [2.45, 2.75) is 19.3 Å². The van der Waals surface area contributed by atoms with Crippen LogP contribution in [0.15, 0.2) is 6.07 Å². The predicted molar refractivity (Wildman–Crippen MR) is 65.2 cm³/mol. The van der Waals surface area contributed by atoms with Crippen LogP contribution in [-0.2, 0) is 6.42 Å². The molecule has 1 atom stereocenters. The van der Waals surface area contributed by atoms with E-state index in [4.69, 9.17) is 17.3 Å². The minimum absolute atomic E-state index is 0.318. The van der Waals surface area contributed by atoms with Gasteiger partial charge in [-0.3, -0.25) is 0 Å². The molecule has 1 saturated heterocycles. The Labute approximate surface area is 98.8 Å². The first-order chi connectivity index (χ1) is 7.25. The number of aromatic nitrogens is 2. The van der Waals surface area contributed by atoms with Gasteiger partial charge in [-0.05, 0) is 42.8 Å². The Bertz CT molecular complexity index is 339. The zero-order valence-electron chi connectivity index (χ0n) is 8.45. The lowest BCUT2D eigenvalue weighted by molar-refractivity contribution is 0.513. The lowest BCUT2D eigenvalue weighted by Gasteiger charge is -2.20. The summed E-state index contributed by atoms with van der Waals surface area (Å²) in [5, 5.41) is 8.41. The fourth-order valence-electron chi connectivity index (χ4n) is 1.78. The molecule has 2 rings (SSSR count). The van der Waals surface area contributed by atoms with E-state index >= 15 is 0 Å². The molecule has 1 aromatic rings. The molecule has 15 heavy (non-hydrogen) atoms. The first-order valence-corrected chi connectivity index (χ1v) is 6.64. The number of nitrogen functional groups attached to an aromatic ring is 1. The summed E-state index contributed by atoms with van der Waals surface area (Å²) in [6.45, 7) is 0. The van der Waals surface area contributed by atoms with E-state index in [0.29, 0.717) is 10.8 Å². The molecule has 0 radical (unpaired) electrons. The maximum Gasteiger partial charge on any atom is 0.164 e. The molecule has 82 valence electrons. The van der Waals surface area contributed by atoms with Gasteiger partial charge in [-0.2, -0.15) is 16.9 Å². The largest absolute Gasteiger partial charge is 0.381 e. The Balaban J connectivity index is 2.00. The molecule has 1 aliphatic rings. The van der Waals surface area contributed by atoms with Crippen molar-refractivity contribution >= 4 is 29.2 Å². The van der Waals surface area contributed by atoms with E-state index in [9.17, 15) is 0 Å². The summed E-state index contributed by atoms with van der Waals surface area (Å²) in [6.07, 6.45) is 3.57. The van der Waals surface area contributed by atoms with Gasteiger partial charge in [0.1, 0.15) is 0 Å². The fourth-order valence-corrected chi connectivity index (χ4v) is 3.10. The molecule has 0 spiro atoms. The van der Waals surface area contributed by atoms with Crippen molar-refractivity contribution in [3.63, 3.8) is 0 Å². The summed E-state index contributed by atoms with van der Waals surface area (Å²) in [6, 6.07) is 1.84. The molecule has 0 saturated carbocycles. The van der Waals surface area contributed by atoms with E-state index < -0.39 is 0 Å². The molecule has 0 amide bonds. The third kappa shape index (κ3) is 2.98. The molecule has 0 aliphatic carbocycles. The summed E-state index contributed by atoms with van der Waals surface area (Å²) in [7, 11) is 0. The second-order valence-corrected chi connectivity index (χ2v) is 5.41. The number of rotatable bonds is 2. The van der Waals surface area contributed by atoms with Gasteiger partial charge in [0, 0.05) is 0 Å². The fraction of sp³-hybridized carbons (Fsp3) is 0.600. The molecule has 5 heteroatoms. The summed E-state index contributed by atoms with van der Waals surface area (Å²) in [5.74, 6) is 3.56. The first-order valence-electron chi connectivity index (χ1n) is 5.11. The van der Waals surface area contributed by atoms with Crippen molar-refractivity contribution in [1.82, 2.24) is 10.2 Å². The van der Waals surface area contributed by atoms with Gasteiger partial charge < -0.3 is 5.73 Å². The number of anilines is 1. The zero-order chi connectivity index (χ0) is 10.7. The van der Waals surface area contributed by atoms with Crippen LogP contribution in [0.25, 0.3) is 0 Å². The highest BCUT2D eigenvalue weighted by Crippen LogP contribution is 2.26. The summed E-state index contributed by atoms with van der Waals surface area (Å²) in [4.78, 5) is 0. The molecule has 1 unspecified atom stereocenters. The molecule has 0 bridgehead atoms. The maximum atomic E-state index is 5.90. The average Bonchev–Trinajstić information content (AvgIpc) is 2.25. The number of nitrogens with two attached hydrogens (primary N) is 1. The second-order valence-electron chi connectivity index (χ2n) is 3.86. The number of hydrogen-bond acceptors (Lipinski definition) is 4. The van der Waals surface area contributed by atoms with Gasteiger partial charge in [0.2, 0.25) is 0 Å². The van der Waals surface area contributed by atoms with Crippen LogP contribution >= 0.6 is 23.4 Å². The van der Waals surface area contributed by atoms with Crippen LogP contribution in [0, 0.1) is 5.92 Å². The van der Waals surface area contributed by atoms with E-state index in [1.165, 1.54) is 24.3 Å². The van der Waals surface area contributed by atoms with Crippen LogP contribution in [0.3, 0.4) is 0 Å². The van der Waals surface area contributed by atoms with Crippen LogP contribution in [0.5, 0.6) is 0 Å². The molecule has 1 fully saturated rings. The molecule has 3 nitrogen and oxygen atoms in total. The minimum Gasteiger partial charge on any atom is -0.381 e. The van der Waals surface area contributed by atoms with Gasteiger partial charge in [0.15, 0.2) is 5.82 Å². The SMILES string of the molecule is Nc1nnc(CC2CCCSC2)cc1Cl. The number of hydrogen-bond donors (Lipinski definition) is 1. The average molecular weight is 244 g/mol. The molecule has 0 aromatic carbocycles. The third-order valence-corrected chi connectivity index (χ3v) is 4.16. The molecule has 2 N–H and O–H groups in total. The minimum atomic E-state index is 0.318. The van der Waals surface area contributed by atoms with Crippen molar-refractivity contribution in [3.05, 3.63) is 16.8 Å². The highest BCUT2D eigenvalue weighted by Gasteiger charge is 2.15. The predicted octanol–water partition coefficient (Wildman–Crippen LogP) is 2.40. The van der Waals surface area contributed by atoms with Gasteiger partial charge in [0.25, 0.3) is 0 Å². The van der Waals surface area contributed by atoms with Crippen molar-refractivity contribution in [2.24, 2.45) is 5.92 Å². The molecular formula is C10H14ClN3S. The van der Waals surface area contributed by atoms with Gasteiger partial charge in [-0.15, -0.1) is 5.10 Å². The highest BCUT2D eigenvalue weighted by molar-refractivity contribution is 7.99. The number of thioether (sulfide) groups is 1. The van der Waals surface area contributed by atoms with Crippen LogP contribution in [0.4, 0.5) is 5.82 Å². The van der Waals surface area contributed by atoms with Crippen molar-refractivity contribution in [3.8, 4) is 0 Å². The Morgan fingerprint density at radius 2 is 2.40 bits per heavy atom. The number of halogens is 1. The van der Waals surface area contributed by atoms with Crippen LogP contribution in [0.2, 0.25) is 5.02 Å². The normalized spacial score (nSPS) is 21.5. The molecule has 1 aromatic heterocycles. The monoisotopic (exact) mass is 243 g/mol. The third-order valence-electron chi connectivity index (χ3n) is 2.58. The zero-order valence-corrected chi connectivity index (χ0v) is 10.0. The molecule has 2 heterocycles. The second kappa shape index (κ2) is 5.03. The lowest BCUT2D eigenvalue weighted by atomic mass is 9.99. The van der Waals surface area contributed by atoms with Gasteiger partial charge >= 0.3 is 0 Å². The van der Waals surface area contributed by atoms with Crippen molar-refractivity contribution < 1.29 is 0 Å². The van der Waals surface area contributed by atoms with E-state index in [-0.39, 0.29) is 0 Å². The lowest BCUT2D eigenvalue weighted by Crippen LogP contribution is -2.14. The van der Waals surface area contributed by atoms with Gasteiger partial charge in [0.05, 0.1) is 10.7 Å². The summed E-state index contributed by atoms with van der Waals surface area (Å²) < 4.78 is 0. The maximum absolute atomic E-state index is 5.90. The Morgan fingerprint density at radius 1 is 1.53 bits per heavy atom.